The highest BCUT2D eigenvalue weighted by Crippen LogP contribution is 2.38. The molecule has 0 aromatic heterocycles. The molecule has 0 bridgehead atoms. The van der Waals surface area contributed by atoms with Gasteiger partial charge in [-0.3, -0.25) is 0 Å². The molecule has 0 aliphatic rings. The van der Waals surface area contributed by atoms with Gasteiger partial charge in [0.25, 0.3) is 0 Å². The van der Waals surface area contributed by atoms with Crippen molar-refractivity contribution in [3.05, 3.63) is 0 Å². The van der Waals surface area contributed by atoms with Crippen LogP contribution in [-0.2, 0) is 9.53 Å². The smallest absolute Gasteiger partial charge is 0.333 e. The van der Waals surface area contributed by atoms with Gasteiger partial charge in [-0.1, -0.05) is 13.8 Å². The van der Waals surface area contributed by atoms with Gasteiger partial charge in [-0.2, -0.15) is 0 Å². The van der Waals surface area contributed by atoms with E-state index in [9.17, 15) is 9.18 Å². The third-order valence-corrected chi connectivity index (χ3v) is 2.65. The fourth-order valence-electron chi connectivity index (χ4n) is 1.02. The molecule has 0 radical (unpaired) electrons. The first kappa shape index (κ1) is 12.4. The summed E-state index contributed by atoms with van der Waals surface area (Å²) in [5.74, 6) is -1.14. The lowest BCUT2D eigenvalue weighted by atomic mass is 9.74. The van der Waals surface area contributed by atoms with E-state index in [-0.39, 0.29) is 0 Å². The average Bonchev–Trinajstić information content (AvgIpc) is 1.83. The van der Waals surface area contributed by atoms with Gasteiger partial charge in [-0.25, -0.2) is 9.18 Å². The van der Waals surface area contributed by atoms with E-state index in [4.69, 9.17) is 9.84 Å². The highest BCUT2D eigenvalue weighted by atomic mass is 19.1. The number of methoxy groups -OCH3 is 1. The normalized spacial score (nSPS) is 15.5. The minimum atomic E-state index is -1.61. The highest BCUT2D eigenvalue weighted by molar-refractivity contribution is 5.73. The summed E-state index contributed by atoms with van der Waals surface area (Å²) in [4.78, 5) is 10.7. The van der Waals surface area contributed by atoms with Crippen LogP contribution in [0, 0.1) is 5.41 Å². The Morgan fingerprint density at radius 1 is 1.38 bits per heavy atom. The summed E-state index contributed by atoms with van der Waals surface area (Å²) < 4.78 is 18.4. The maximum atomic E-state index is 13.6. The zero-order valence-electron chi connectivity index (χ0n) is 8.72. The first-order chi connectivity index (χ1) is 5.64. The lowest BCUT2D eigenvalue weighted by Crippen LogP contribution is -2.49. The van der Waals surface area contributed by atoms with Crippen molar-refractivity contribution in [3.8, 4) is 0 Å². The van der Waals surface area contributed by atoms with Gasteiger partial charge in [0.1, 0.15) is 5.67 Å². The maximum Gasteiger partial charge on any atom is 0.333 e. The summed E-state index contributed by atoms with van der Waals surface area (Å²) in [7, 11) is 1.27. The van der Waals surface area contributed by atoms with Crippen molar-refractivity contribution in [1.82, 2.24) is 0 Å². The van der Waals surface area contributed by atoms with Crippen LogP contribution < -0.4 is 0 Å². The van der Waals surface area contributed by atoms with Crippen molar-refractivity contribution >= 4 is 5.97 Å². The first-order valence-corrected chi connectivity index (χ1v) is 4.09. The Kier molecular flexibility index (Phi) is 3.44. The largest absolute Gasteiger partial charge is 0.479 e. The van der Waals surface area contributed by atoms with E-state index in [1.807, 2.05) is 0 Å². The molecule has 13 heavy (non-hydrogen) atoms. The van der Waals surface area contributed by atoms with Gasteiger partial charge in [0.15, 0.2) is 6.10 Å². The van der Waals surface area contributed by atoms with E-state index in [0.717, 1.165) is 0 Å². The number of ether oxygens (including phenoxy) is 1. The molecule has 0 saturated carbocycles. The predicted molar refractivity (Wildman–Crippen MR) is 47.4 cm³/mol. The van der Waals surface area contributed by atoms with Crippen molar-refractivity contribution in [2.45, 2.75) is 39.5 Å². The van der Waals surface area contributed by atoms with Crippen LogP contribution in [0.1, 0.15) is 27.7 Å². The SMILES string of the molecule is COC(C(=O)O)C(C)(C)C(C)(C)F. The second kappa shape index (κ2) is 3.62. The fourth-order valence-corrected chi connectivity index (χ4v) is 1.02. The van der Waals surface area contributed by atoms with E-state index in [0.29, 0.717) is 0 Å². The van der Waals surface area contributed by atoms with E-state index < -0.39 is 23.2 Å². The second-order valence-corrected chi connectivity index (χ2v) is 4.15. The Morgan fingerprint density at radius 2 is 1.77 bits per heavy atom. The lowest BCUT2D eigenvalue weighted by Gasteiger charge is -2.38. The standard InChI is InChI=1S/C9H17FO3/c1-8(2,9(3,4)10)6(13-5)7(11)12/h6H,1-5H3,(H,11,12). The fraction of sp³-hybridized carbons (Fsp3) is 0.889. The van der Waals surface area contributed by atoms with Crippen molar-refractivity contribution in [2.75, 3.05) is 7.11 Å². The van der Waals surface area contributed by atoms with Gasteiger partial charge in [0.05, 0.1) is 0 Å². The summed E-state index contributed by atoms with van der Waals surface area (Å²) in [6, 6.07) is 0. The minimum Gasteiger partial charge on any atom is -0.479 e. The van der Waals surface area contributed by atoms with Gasteiger partial charge in [-0.15, -0.1) is 0 Å². The van der Waals surface area contributed by atoms with Crippen LogP contribution in [0.5, 0.6) is 0 Å². The van der Waals surface area contributed by atoms with Gasteiger partial charge in [0, 0.05) is 12.5 Å². The van der Waals surface area contributed by atoms with Crippen LogP contribution in [0.25, 0.3) is 0 Å². The van der Waals surface area contributed by atoms with E-state index >= 15 is 0 Å². The van der Waals surface area contributed by atoms with Crippen LogP contribution in [0.3, 0.4) is 0 Å². The molecule has 4 heteroatoms. The summed E-state index contributed by atoms with van der Waals surface area (Å²) >= 11 is 0. The first-order valence-electron chi connectivity index (χ1n) is 4.09. The number of alkyl halides is 1. The Morgan fingerprint density at radius 3 is 1.85 bits per heavy atom. The topological polar surface area (TPSA) is 46.5 Å². The molecule has 0 rings (SSSR count). The predicted octanol–water partition coefficient (Wildman–Crippen LogP) is 1.86. The number of hydrogen-bond acceptors (Lipinski definition) is 2. The van der Waals surface area contributed by atoms with Crippen molar-refractivity contribution < 1.29 is 19.0 Å². The van der Waals surface area contributed by atoms with Crippen LogP contribution in [0.2, 0.25) is 0 Å². The van der Waals surface area contributed by atoms with Crippen LogP contribution in [0.15, 0.2) is 0 Å². The summed E-state index contributed by atoms with van der Waals surface area (Å²) in [6.45, 7) is 5.77. The number of hydrogen-bond donors (Lipinski definition) is 1. The minimum absolute atomic E-state index is 1.06. The van der Waals surface area contributed by atoms with E-state index in [1.54, 1.807) is 0 Å². The van der Waals surface area contributed by atoms with Crippen molar-refractivity contribution in [3.63, 3.8) is 0 Å². The molecule has 0 aromatic carbocycles. The molecular weight excluding hydrogens is 175 g/mol. The van der Waals surface area contributed by atoms with Crippen LogP contribution in [-0.4, -0.2) is 30.0 Å². The molecule has 3 nitrogen and oxygen atoms in total. The zero-order chi connectivity index (χ0) is 10.9. The Hall–Kier alpha value is -0.640. The number of halogens is 1. The molecule has 0 heterocycles. The molecule has 0 aliphatic heterocycles. The highest BCUT2D eigenvalue weighted by Gasteiger charge is 2.47. The molecule has 0 aliphatic carbocycles. The lowest BCUT2D eigenvalue weighted by molar-refractivity contribution is -0.164. The van der Waals surface area contributed by atoms with Crippen molar-refractivity contribution in [2.24, 2.45) is 5.41 Å². The third-order valence-electron chi connectivity index (χ3n) is 2.65. The number of carbonyl (C=O) groups is 1. The molecule has 0 amide bonds. The van der Waals surface area contributed by atoms with Gasteiger partial charge in [0.2, 0.25) is 0 Å². The molecule has 0 fully saturated rings. The summed E-state index contributed by atoms with van der Waals surface area (Å²) in [6.07, 6.45) is -1.13. The number of carboxylic acids is 1. The molecular formula is C9H17FO3. The van der Waals surface area contributed by atoms with Gasteiger partial charge < -0.3 is 9.84 Å². The third kappa shape index (κ3) is 2.40. The molecule has 0 saturated heterocycles. The monoisotopic (exact) mass is 192 g/mol. The van der Waals surface area contributed by atoms with E-state index in [1.165, 1.54) is 34.8 Å². The molecule has 78 valence electrons. The summed E-state index contributed by atoms with van der Waals surface area (Å²) in [5.41, 5.74) is -2.67. The zero-order valence-corrected chi connectivity index (χ0v) is 8.72. The van der Waals surface area contributed by atoms with E-state index in [2.05, 4.69) is 0 Å². The van der Waals surface area contributed by atoms with Crippen LogP contribution in [0.4, 0.5) is 4.39 Å². The number of aliphatic carboxylic acids is 1. The Bertz CT molecular complexity index is 194. The molecule has 1 N–H and O–H groups in total. The second-order valence-electron chi connectivity index (χ2n) is 4.15. The van der Waals surface area contributed by atoms with Crippen molar-refractivity contribution in [1.29, 1.82) is 0 Å². The summed E-state index contributed by atoms with van der Waals surface area (Å²) in [5, 5.41) is 8.78. The Labute approximate surface area is 77.9 Å². The number of carboxylic acid groups (broad SMARTS) is 1. The Balaban J connectivity index is 4.89. The molecule has 0 aromatic rings. The molecule has 1 atom stereocenters. The number of rotatable bonds is 4. The maximum absolute atomic E-state index is 13.6. The quantitative estimate of drug-likeness (QED) is 0.739. The van der Waals surface area contributed by atoms with Gasteiger partial charge >= 0.3 is 5.97 Å². The van der Waals surface area contributed by atoms with Gasteiger partial charge in [-0.05, 0) is 13.8 Å². The average molecular weight is 192 g/mol. The molecule has 0 spiro atoms. The molecule has 1 unspecified atom stereocenters. The van der Waals surface area contributed by atoms with Crippen LogP contribution >= 0.6 is 0 Å².